The van der Waals surface area contributed by atoms with Crippen molar-refractivity contribution in [3.8, 4) is 0 Å². The zero-order valence-corrected chi connectivity index (χ0v) is 11.7. The highest BCUT2D eigenvalue weighted by atomic mass is 32.2. The molecule has 0 heterocycles. The van der Waals surface area contributed by atoms with Crippen LogP contribution < -0.4 is 5.32 Å². The largest absolute Gasteiger partial charge is 0.312 e. The average molecular weight is 274 g/mol. The summed E-state index contributed by atoms with van der Waals surface area (Å²) >= 11 is 0. The van der Waals surface area contributed by atoms with Crippen LogP contribution in [-0.2, 0) is 16.6 Å². The van der Waals surface area contributed by atoms with Gasteiger partial charge in [0.1, 0.15) is 5.82 Å². The van der Waals surface area contributed by atoms with Gasteiger partial charge in [-0.1, -0.05) is 6.07 Å². The van der Waals surface area contributed by atoms with Gasteiger partial charge in [-0.15, -0.1) is 0 Å². The summed E-state index contributed by atoms with van der Waals surface area (Å²) in [4.78, 5) is 0. The third kappa shape index (κ3) is 4.36. The van der Waals surface area contributed by atoms with E-state index in [1.807, 2.05) is 6.92 Å². The lowest BCUT2D eigenvalue weighted by molar-refractivity contribution is 0.517. The van der Waals surface area contributed by atoms with Crippen LogP contribution in [0.2, 0.25) is 0 Å². The van der Waals surface area contributed by atoms with Crippen LogP contribution >= 0.6 is 0 Å². The van der Waals surface area contributed by atoms with Crippen molar-refractivity contribution in [3.63, 3.8) is 0 Å². The molecule has 0 aliphatic heterocycles. The molecule has 102 valence electrons. The lowest BCUT2D eigenvalue weighted by Crippen LogP contribution is -2.31. The molecule has 1 aromatic carbocycles. The van der Waals surface area contributed by atoms with Gasteiger partial charge in [-0.2, -0.15) is 0 Å². The number of sulfonamides is 1. The molecule has 18 heavy (non-hydrogen) atoms. The highest BCUT2D eigenvalue weighted by Crippen LogP contribution is 2.09. The summed E-state index contributed by atoms with van der Waals surface area (Å²) < 4.78 is 37.1. The summed E-state index contributed by atoms with van der Waals surface area (Å²) in [7, 11) is -0.132. The molecule has 0 fully saturated rings. The molecular formula is C12H19FN2O2S. The Bertz CT molecular complexity index is 501. The SMILES string of the molecule is Cc1cc(F)ccc1CNCCS(=O)(=O)N(C)C. The zero-order valence-electron chi connectivity index (χ0n) is 10.9. The van der Waals surface area contributed by atoms with Gasteiger partial charge in [0.25, 0.3) is 0 Å². The molecule has 1 N–H and O–H groups in total. The molecule has 1 rings (SSSR count). The van der Waals surface area contributed by atoms with E-state index >= 15 is 0 Å². The summed E-state index contributed by atoms with van der Waals surface area (Å²) in [6.07, 6.45) is 0. The van der Waals surface area contributed by atoms with Crippen LogP contribution in [0, 0.1) is 12.7 Å². The molecule has 0 aliphatic rings. The highest BCUT2D eigenvalue weighted by molar-refractivity contribution is 7.89. The van der Waals surface area contributed by atoms with E-state index in [1.165, 1.54) is 30.5 Å². The smallest absolute Gasteiger partial charge is 0.214 e. The van der Waals surface area contributed by atoms with Crippen molar-refractivity contribution in [1.29, 1.82) is 0 Å². The average Bonchev–Trinajstić information content (AvgIpc) is 2.26. The van der Waals surface area contributed by atoms with E-state index in [9.17, 15) is 12.8 Å². The standard InChI is InChI=1S/C12H19FN2O2S/c1-10-8-12(13)5-4-11(10)9-14-6-7-18(16,17)15(2)3/h4-5,8,14H,6-7,9H2,1-3H3. The Morgan fingerprint density at radius 3 is 2.56 bits per heavy atom. The Labute approximate surface area is 108 Å². The molecule has 0 saturated heterocycles. The maximum Gasteiger partial charge on any atom is 0.214 e. The second-order valence-electron chi connectivity index (χ2n) is 4.35. The maximum atomic E-state index is 12.9. The molecule has 0 aromatic heterocycles. The Hall–Kier alpha value is -0.980. The predicted molar refractivity (Wildman–Crippen MR) is 70.3 cm³/mol. The summed E-state index contributed by atoms with van der Waals surface area (Å²) in [6.45, 7) is 2.74. The third-order valence-corrected chi connectivity index (χ3v) is 4.55. The van der Waals surface area contributed by atoms with E-state index in [0.29, 0.717) is 13.1 Å². The fraction of sp³-hybridized carbons (Fsp3) is 0.500. The van der Waals surface area contributed by atoms with Gasteiger partial charge in [0.2, 0.25) is 10.0 Å². The van der Waals surface area contributed by atoms with E-state index < -0.39 is 10.0 Å². The first kappa shape index (κ1) is 15.1. The number of nitrogens with one attached hydrogen (secondary N) is 1. The fourth-order valence-corrected chi connectivity index (χ4v) is 2.23. The summed E-state index contributed by atoms with van der Waals surface area (Å²) in [5, 5.41) is 3.04. The number of hydrogen-bond donors (Lipinski definition) is 1. The first-order chi connectivity index (χ1) is 8.33. The van der Waals surface area contributed by atoms with Crippen molar-refractivity contribution < 1.29 is 12.8 Å². The lowest BCUT2D eigenvalue weighted by atomic mass is 10.1. The monoisotopic (exact) mass is 274 g/mol. The van der Waals surface area contributed by atoms with E-state index in [0.717, 1.165) is 11.1 Å². The first-order valence-electron chi connectivity index (χ1n) is 5.69. The van der Waals surface area contributed by atoms with E-state index in [2.05, 4.69) is 5.32 Å². The summed E-state index contributed by atoms with van der Waals surface area (Å²) in [5.74, 6) is -0.202. The number of benzene rings is 1. The number of nitrogens with zero attached hydrogens (tertiary/aromatic N) is 1. The van der Waals surface area contributed by atoms with Crippen molar-refractivity contribution in [1.82, 2.24) is 9.62 Å². The first-order valence-corrected chi connectivity index (χ1v) is 7.30. The van der Waals surface area contributed by atoms with Crippen LogP contribution in [-0.4, -0.2) is 39.1 Å². The Kier molecular flexibility index (Phi) is 5.25. The molecule has 0 aliphatic carbocycles. The van der Waals surface area contributed by atoms with Crippen LogP contribution in [0.4, 0.5) is 4.39 Å². The minimum Gasteiger partial charge on any atom is -0.312 e. The fourth-order valence-electron chi connectivity index (χ4n) is 1.46. The van der Waals surface area contributed by atoms with Crippen LogP contribution in [0.15, 0.2) is 18.2 Å². The van der Waals surface area contributed by atoms with Gasteiger partial charge < -0.3 is 5.32 Å². The van der Waals surface area contributed by atoms with E-state index in [1.54, 1.807) is 6.07 Å². The van der Waals surface area contributed by atoms with Gasteiger partial charge in [-0.3, -0.25) is 0 Å². The van der Waals surface area contributed by atoms with Crippen molar-refractivity contribution in [2.24, 2.45) is 0 Å². The quantitative estimate of drug-likeness (QED) is 0.791. The van der Waals surface area contributed by atoms with Gasteiger partial charge in [-0.25, -0.2) is 17.1 Å². The van der Waals surface area contributed by atoms with Crippen LogP contribution in [0.5, 0.6) is 0 Å². The molecule has 4 nitrogen and oxygen atoms in total. The Balaban J connectivity index is 2.43. The molecule has 0 amide bonds. The van der Waals surface area contributed by atoms with E-state index in [4.69, 9.17) is 0 Å². The number of rotatable bonds is 6. The predicted octanol–water partition coefficient (Wildman–Crippen LogP) is 1.12. The molecule has 0 bridgehead atoms. The lowest BCUT2D eigenvalue weighted by Gasteiger charge is -2.12. The van der Waals surface area contributed by atoms with Gasteiger partial charge >= 0.3 is 0 Å². The number of aryl methyl sites for hydroxylation is 1. The summed E-state index contributed by atoms with van der Waals surface area (Å²) in [5.41, 5.74) is 1.83. The minimum absolute atomic E-state index is 0.0558. The molecule has 0 unspecified atom stereocenters. The van der Waals surface area contributed by atoms with Crippen LogP contribution in [0.1, 0.15) is 11.1 Å². The third-order valence-electron chi connectivity index (χ3n) is 2.71. The maximum absolute atomic E-state index is 12.9. The second-order valence-corrected chi connectivity index (χ2v) is 6.65. The number of halogens is 1. The molecule has 1 aromatic rings. The Morgan fingerprint density at radius 1 is 1.33 bits per heavy atom. The van der Waals surface area contributed by atoms with Gasteiger partial charge in [0.05, 0.1) is 5.75 Å². The molecule has 0 atom stereocenters. The topological polar surface area (TPSA) is 49.4 Å². The zero-order chi connectivity index (χ0) is 13.8. The molecule has 0 spiro atoms. The van der Waals surface area contributed by atoms with Gasteiger partial charge in [0.15, 0.2) is 0 Å². The second kappa shape index (κ2) is 6.26. The molecule has 6 heteroatoms. The molecule has 0 radical (unpaired) electrons. The summed E-state index contributed by atoms with van der Waals surface area (Å²) in [6, 6.07) is 4.58. The molecule has 0 saturated carbocycles. The van der Waals surface area contributed by atoms with Crippen LogP contribution in [0.3, 0.4) is 0 Å². The van der Waals surface area contributed by atoms with Gasteiger partial charge in [0, 0.05) is 27.2 Å². The van der Waals surface area contributed by atoms with Crippen LogP contribution in [0.25, 0.3) is 0 Å². The normalized spacial score (nSPS) is 12.1. The van der Waals surface area contributed by atoms with Crippen molar-refractivity contribution in [3.05, 3.63) is 35.1 Å². The molecular weight excluding hydrogens is 255 g/mol. The van der Waals surface area contributed by atoms with Gasteiger partial charge in [-0.05, 0) is 30.2 Å². The highest BCUT2D eigenvalue weighted by Gasteiger charge is 2.12. The van der Waals surface area contributed by atoms with Crippen molar-refractivity contribution in [2.75, 3.05) is 26.4 Å². The Morgan fingerprint density at radius 2 is 2.00 bits per heavy atom. The van der Waals surface area contributed by atoms with Crippen molar-refractivity contribution in [2.45, 2.75) is 13.5 Å². The number of hydrogen-bond acceptors (Lipinski definition) is 3. The van der Waals surface area contributed by atoms with Crippen molar-refractivity contribution >= 4 is 10.0 Å². The minimum atomic E-state index is -3.16. The van der Waals surface area contributed by atoms with E-state index in [-0.39, 0.29) is 11.6 Å².